The van der Waals surface area contributed by atoms with Gasteiger partial charge >= 0.3 is 0 Å². The van der Waals surface area contributed by atoms with Crippen LogP contribution in [-0.2, 0) is 33.3 Å². The Morgan fingerprint density at radius 2 is 1.04 bits per heavy atom. The highest BCUT2D eigenvalue weighted by Gasteiger charge is 2.68. The molecule has 0 amide bonds. The maximum atomic E-state index is 13.7. The summed E-state index contributed by atoms with van der Waals surface area (Å²) in [6.07, 6.45) is 25.9. The Kier molecular flexibility index (Phi) is 13.8. The fourth-order valence-corrected chi connectivity index (χ4v) is 23.1. The van der Waals surface area contributed by atoms with E-state index in [9.17, 15) is 29.7 Å². The first-order valence-corrected chi connectivity index (χ1v) is 31.6. The Morgan fingerprint density at radius 1 is 0.577 bits per heavy atom. The lowest BCUT2D eigenvalue weighted by atomic mass is 9.46. The maximum absolute atomic E-state index is 13.7. The summed E-state index contributed by atoms with van der Waals surface area (Å²) in [7, 11) is 0. The van der Waals surface area contributed by atoms with Crippen molar-refractivity contribution < 1.29 is 50.0 Å². The van der Waals surface area contributed by atoms with E-state index in [-0.39, 0.29) is 80.1 Å². The first-order chi connectivity index (χ1) is 37.2. The van der Waals surface area contributed by atoms with E-state index < -0.39 is 17.7 Å². The first kappa shape index (κ1) is 54.9. The molecule has 12 aliphatic carbocycles. The Morgan fingerprint density at radius 3 is 1.58 bits per heavy atom. The molecule has 0 aromatic heterocycles. The van der Waals surface area contributed by atoms with Gasteiger partial charge in [0.15, 0.2) is 11.6 Å². The summed E-state index contributed by atoms with van der Waals surface area (Å²) in [5.41, 5.74) is 5.07. The molecular formula is C68H100O10. The number of Topliss-reactive ketones (excluding diaryl/α,β-unsaturated/α-hetero) is 3. The van der Waals surface area contributed by atoms with Gasteiger partial charge in [-0.1, -0.05) is 82.6 Å². The van der Waals surface area contributed by atoms with Crippen LogP contribution < -0.4 is 0 Å². The van der Waals surface area contributed by atoms with Crippen LogP contribution in [0.5, 0.6) is 0 Å². The molecule has 3 N–H and O–H groups in total. The van der Waals surface area contributed by atoms with E-state index in [1.165, 1.54) is 35.1 Å². The minimum atomic E-state index is -1.50. The Hall–Kier alpha value is -2.31. The number of hydrogen-bond donors (Lipinski definition) is 3. The molecule has 0 aromatic rings. The quantitative estimate of drug-likeness (QED) is 0.233. The second-order valence-corrected chi connectivity index (χ2v) is 30.5. The zero-order valence-corrected chi connectivity index (χ0v) is 49.6. The lowest BCUT2D eigenvalue weighted by Crippen LogP contribution is -2.56. The minimum absolute atomic E-state index is 0.0123. The fourth-order valence-electron chi connectivity index (χ4n) is 23.1. The van der Waals surface area contributed by atoms with Crippen LogP contribution in [0, 0.1) is 104 Å². The average Bonchev–Trinajstić information content (AvgIpc) is 3.70. The summed E-state index contributed by atoms with van der Waals surface area (Å²) in [4.78, 5) is 39.5. The lowest BCUT2D eigenvalue weighted by Gasteiger charge is -2.59. The van der Waals surface area contributed by atoms with E-state index in [1.54, 1.807) is 6.92 Å². The number of fused-ring (bicyclic) bond motifs is 15. The van der Waals surface area contributed by atoms with Crippen LogP contribution in [0.15, 0.2) is 46.6 Å². The minimum Gasteiger partial charge on any atom is -0.393 e. The summed E-state index contributed by atoms with van der Waals surface area (Å²) in [6, 6.07) is 0. The third-order valence-electron chi connectivity index (χ3n) is 26.7. The van der Waals surface area contributed by atoms with Crippen molar-refractivity contribution in [1.82, 2.24) is 0 Å². The molecule has 0 aromatic carbocycles. The van der Waals surface area contributed by atoms with Gasteiger partial charge in [0.25, 0.3) is 0 Å². The Labute approximate surface area is 469 Å². The third-order valence-corrected chi connectivity index (χ3v) is 26.7. The van der Waals surface area contributed by atoms with E-state index in [0.717, 1.165) is 89.9 Å². The zero-order valence-electron chi connectivity index (χ0n) is 50.6. The molecule has 3 unspecified atom stereocenters. The van der Waals surface area contributed by atoms with Gasteiger partial charge in [-0.05, 0) is 217 Å². The van der Waals surface area contributed by atoms with E-state index in [1.807, 2.05) is 0 Å². The molecule has 2 aliphatic heterocycles. The molecule has 10 heteroatoms. The number of carbonyl (C=O) groups excluding carboxylic acids is 3. The van der Waals surface area contributed by atoms with E-state index >= 15 is 0 Å². The second-order valence-electron chi connectivity index (χ2n) is 30.5. The molecule has 0 radical (unpaired) electrons. The van der Waals surface area contributed by atoms with Crippen LogP contribution in [0.2, 0.25) is 0 Å². The predicted octanol–water partition coefficient (Wildman–Crippen LogP) is 12.4. The monoisotopic (exact) mass is 1080 g/mol. The van der Waals surface area contributed by atoms with Gasteiger partial charge in [0.1, 0.15) is 17.3 Å². The number of aliphatic hydroxyl groups excluding tert-OH is 2. The molecule has 10 fully saturated rings. The summed E-state index contributed by atoms with van der Waals surface area (Å²) >= 11 is 0. The highest BCUT2D eigenvalue weighted by molar-refractivity contribution is 5.86. The molecule has 21 atom stereocenters. The first-order valence-electron chi connectivity index (χ1n) is 32.1. The van der Waals surface area contributed by atoms with Gasteiger partial charge in [0, 0.05) is 47.8 Å². The van der Waals surface area contributed by atoms with Crippen molar-refractivity contribution in [1.29, 1.82) is 0 Å². The molecule has 0 spiro atoms. The molecule has 2 heterocycles. The number of ketones is 3. The van der Waals surface area contributed by atoms with Crippen LogP contribution >= 0.6 is 0 Å². The smallest absolute Gasteiger partial charge is 0.169 e. The number of rotatable bonds is 3. The highest BCUT2D eigenvalue weighted by Crippen LogP contribution is 2.70. The zero-order chi connectivity index (χ0) is 56.3. The topological polar surface area (TPSA) is 149 Å². The molecular weight excluding hydrogens is 977 g/mol. The van der Waals surface area contributed by atoms with Crippen molar-refractivity contribution in [2.24, 2.45) is 104 Å². The summed E-state index contributed by atoms with van der Waals surface area (Å²) in [5.74, 6) is 3.83. The third kappa shape index (κ3) is 8.45. The van der Waals surface area contributed by atoms with Crippen molar-refractivity contribution in [2.45, 2.75) is 228 Å². The van der Waals surface area contributed by atoms with Crippen molar-refractivity contribution in [2.75, 3.05) is 26.4 Å². The molecule has 8 saturated carbocycles. The van der Waals surface area contributed by atoms with Crippen LogP contribution in [0.3, 0.4) is 0 Å². The average molecular weight is 1080 g/mol. The van der Waals surface area contributed by atoms with Gasteiger partial charge in [0.05, 0.1) is 46.1 Å². The highest BCUT2D eigenvalue weighted by atomic mass is 16.7. The molecule has 10 nitrogen and oxygen atoms in total. The maximum Gasteiger partial charge on any atom is 0.169 e. The van der Waals surface area contributed by atoms with Gasteiger partial charge in [-0.2, -0.15) is 0 Å². The van der Waals surface area contributed by atoms with Gasteiger partial charge < -0.3 is 34.3 Å². The van der Waals surface area contributed by atoms with Crippen LogP contribution in [0.4, 0.5) is 0 Å². The second kappa shape index (κ2) is 19.6. The van der Waals surface area contributed by atoms with Crippen LogP contribution in [0.25, 0.3) is 0 Å². The fraction of sp³-hybridized carbons (Fsp3) is 0.838. The SMILES string of the molecule is CC1([C@H]2CC[C@H]3[C@@H]4CC=C5C[C@@H](O)CC[C@]5(C)[C@H]4C(=O)C[C@]23C)OCCO1.CC1=CC2=CC[C@H]3[C@@H]4CC[C@H](C5(C)OCCO5)[C@@]4(C)CC(=O)[C@@H]3[C@@]2(C)CC1.[2H][C@]1(O)C[C@@]2(C)C(CC[C@@H]2C(C)=O)C2CC=C3C[C@@H](O)CC[C@]3(C)C21. The van der Waals surface area contributed by atoms with Crippen molar-refractivity contribution in [3.05, 3.63) is 46.6 Å². The number of allylic oxidation sites excluding steroid dienone is 6. The van der Waals surface area contributed by atoms with Crippen LogP contribution in [-0.4, -0.2) is 89.0 Å². The molecule has 78 heavy (non-hydrogen) atoms. The van der Waals surface area contributed by atoms with Gasteiger partial charge in [0.2, 0.25) is 0 Å². The van der Waals surface area contributed by atoms with Crippen molar-refractivity contribution in [3.63, 3.8) is 0 Å². The van der Waals surface area contributed by atoms with Gasteiger partial charge in [-0.3, -0.25) is 14.4 Å². The van der Waals surface area contributed by atoms with E-state index in [2.05, 4.69) is 86.6 Å². The number of ether oxygens (including phenoxy) is 4. The molecule has 432 valence electrons. The normalized spacial score (nSPS) is 52.1. The molecule has 14 aliphatic rings. The van der Waals surface area contributed by atoms with Gasteiger partial charge in [-0.15, -0.1) is 0 Å². The number of hydrogen-bond acceptors (Lipinski definition) is 10. The predicted molar refractivity (Wildman–Crippen MR) is 300 cm³/mol. The molecule has 2 saturated heterocycles. The lowest BCUT2D eigenvalue weighted by molar-refractivity contribution is -0.213. The van der Waals surface area contributed by atoms with Gasteiger partial charge in [-0.25, -0.2) is 0 Å². The van der Waals surface area contributed by atoms with E-state index in [4.69, 9.17) is 20.3 Å². The number of carbonyl (C=O) groups is 3. The standard InChI is InChI=1S/C24H34O3.C23H34O4.C21H32O3/c1-15-9-10-22(2)16(13-15)5-6-17-18-7-8-20(24(4)26-11-12-27-24)23(18,3)14-19(25)21(17)22;1-21-9-8-15(24)12-14(21)4-5-16-17-6-7-19(23(3)26-10-11-27-23)22(17,2)13-18(25)20(16)21;1-12(22)16-6-7-17-15-5-4-13-10-14(23)8-9-20(13,2)19(15)18(24)11-21(16,17)3/h5,13,17-18,20-21H,6-12,14H2,1-4H3;4,15-17,19-20,24H,5-13H2,1-3H3;4,14-19,23-24H,5-11H2,1-3H3/t17-,18-,20-,21+,22-,23-;15-,16-,17-,19-,20+,21-,22-;14-,15?,16+,17?,18-,19?,20-,21+/m000/s1/i;;18D. The molecule has 0 bridgehead atoms. The Balaban J connectivity index is 0.000000118. The van der Waals surface area contributed by atoms with E-state index in [0.29, 0.717) is 105 Å². The largest absolute Gasteiger partial charge is 0.393 e. The van der Waals surface area contributed by atoms with Crippen molar-refractivity contribution in [3.8, 4) is 0 Å². The molecule has 14 rings (SSSR count). The number of aliphatic hydroxyl groups is 3. The van der Waals surface area contributed by atoms with Crippen molar-refractivity contribution >= 4 is 17.3 Å². The van der Waals surface area contributed by atoms with Crippen LogP contribution in [0.1, 0.15) is 199 Å². The summed E-state index contributed by atoms with van der Waals surface area (Å²) in [5, 5.41) is 31.6. The summed E-state index contributed by atoms with van der Waals surface area (Å²) < 4.78 is 33.2. The Bertz CT molecular complexity index is 2580. The summed E-state index contributed by atoms with van der Waals surface area (Å²) in [6.45, 7) is 24.6.